The molecule has 0 aromatic heterocycles. The van der Waals surface area contributed by atoms with E-state index in [1.807, 2.05) is 0 Å². The number of hydrogen-bond acceptors (Lipinski definition) is 0. The summed E-state index contributed by atoms with van der Waals surface area (Å²) in [6.45, 7) is 50.4. The molecule has 0 saturated carbocycles. The zero-order valence-electron chi connectivity index (χ0n) is 62.2. The third-order valence-electron chi connectivity index (χ3n) is 13.1. The standard InChI is InChI=1S/C18H8F6.6C11H16N.2Mo/c1-11(13-3-7-15(8-4-13)17(19,20)21)12(2)14-5-9-16(10-6-14)18(22,23)24;6*1-8(2)12-11-6-9(3)5-10(4)7-11;;/h3-10H;6*5-8H,1-4H3;;/q;6*-1;;/b12-11+;;;;;;;;. The van der Waals surface area contributed by atoms with Crippen LogP contribution in [0.3, 0.4) is 0 Å². The monoisotopic (exact) mass is 1510 g/mol. The Morgan fingerprint density at radius 1 is 0.255 bits per heavy atom. The van der Waals surface area contributed by atoms with Gasteiger partial charge in [-0.1, -0.05) is 259 Å². The van der Waals surface area contributed by atoms with Gasteiger partial charge in [0.05, 0.1) is 0 Å². The van der Waals surface area contributed by atoms with Crippen LogP contribution in [0, 0.1) is 91.5 Å². The summed E-state index contributed by atoms with van der Waals surface area (Å²) < 4.78 is 82.0. The summed E-state index contributed by atoms with van der Waals surface area (Å²) in [4.78, 5) is 0. The normalized spacial score (nSPS) is 11.0. The van der Waals surface area contributed by atoms with E-state index in [-0.39, 0.29) is 0 Å². The Labute approximate surface area is 607 Å². The molecule has 0 spiro atoms. The van der Waals surface area contributed by atoms with Crippen molar-refractivity contribution in [3.8, 4) is 8.40 Å². The molecule has 0 saturated heterocycles. The van der Waals surface area contributed by atoms with Crippen LogP contribution in [0.1, 0.15) is 172 Å². The van der Waals surface area contributed by atoms with Crippen LogP contribution in [-0.4, -0.2) is 36.3 Å². The van der Waals surface area contributed by atoms with Gasteiger partial charge < -0.3 is 31.9 Å². The molecule has 8 rings (SSSR count). The van der Waals surface area contributed by atoms with Crippen molar-refractivity contribution in [2.45, 2.75) is 215 Å². The van der Waals surface area contributed by atoms with E-state index < -0.39 is 23.5 Å². The van der Waals surface area contributed by atoms with E-state index in [2.05, 4.69) is 316 Å². The van der Waals surface area contributed by atoms with Gasteiger partial charge in [-0.3, -0.25) is 0 Å². The van der Waals surface area contributed by atoms with Crippen LogP contribution in [0.2, 0.25) is 0 Å². The van der Waals surface area contributed by atoms with Crippen molar-refractivity contribution < 1.29 is 64.6 Å². The molecule has 0 aliphatic heterocycles. The van der Waals surface area contributed by atoms with Crippen LogP contribution in [-0.2, 0) is 50.7 Å². The molecule has 98 heavy (non-hydrogen) atoms. The Hall–Kier alpha value is -7.18. The van der Waals surface area contributed by atoms with Gasteiger partial charge in [-0.2, -0.15) is 0 Å². The van der Waals surface area contributed by atoms with Gasteiger partial charge in [-0.25, -0.2) is 0 Å². The Balaban J connectivity index is 0.000000400. The second kappa shape index (κ2) is 42.7. The van der Waals surface area contributed by atoms with Crippen molar-refractivity contribution >= 4 is 45.3 Å². The summed E-state index contributed by atoms with van der Waals surface area (Å²) in [6, 6.07) is 49.7. The first-order valence-corrected chi connectivity index (χ1v) is 35.2. The van der Waals surface area contributed by atoms with Crippen LogP contribution in [0.5, 0.6) is 0 Å². The fourth-order valence-corrected chi connectivity index (χ4v) is 11.2. The average Bonchev–Trinajstić information content (AvgIpc) is 0.811. The van der Waals surface area contributed by atoms with E-state index in [4.69, 9.17) is 0 Å². The summed E-state index contributed by atoms with van der Waals surface area (Å²) >= 11 is 3.00. The van der Waals surface area contributed by atoms with Crippen molar-refractivity contribution in [3.05, 3.63) is 279 Å². The number of hydrogen-bond donors (Lipinski definition) is 0. The van der Waals surface area contributed by atoms with Gasteiger partial charge in [0.25, 0.3) is 0 Å². The summed E-state index contributed by atoms with van der Waals surface area (Å²) in [5.41, 5.74) is 22.3. The molecule has 0 bridgehead atoms. The van der Waals surface area contributed by atoms with Crippen LogP contribution in [0.4, 0.5) is 60.5 Å². The first kappa shape index (κ1) is 86.9. The first-order chi connectivity index (χ1) is 45.5. The van der Waals surface area contributed by atoms with Crippen LogP contribution in [0.25, 0.3) is 43.0 Å². The topological polar surface area (TPSA) is 84.6 Å². The summed E-state index contributed by atoms with van der Waals surface area (Å²) in [5.74, 6) is 0. The molecule has 0 fully saturated rings. The van der Waals surface area contributed by atoms with Crippen molar-refractivity contribution in [2.75, 3.05) is 0 Å². The van der Waals surface area contributed by atoms with Crippen molar-refractivity contribution in [1.29, 1.82) is 0 Å². The molecule has 14 heteroatoms. The SMILES string of the molecule is Cc1cc(C)cc([N-]C(C)C)c1.Cc1cc(C)cc([N-]C(C)C)c1.Cc1cc(C)cc([N-]C(C)C)c1.Cc1cc(C)cc([N-]C(C)C)c1.Cc1cc(C)cc([N-]C(C)C)c1.Cc1cc(C)cc([N-]C(C)C)c1.FC(F)(F)c1ccc(/C([C]#[Mo])=C(\[C]#[Mo])c2ccc(C(F)(F)F)cc2)cc1. The van der Waals surface area contributed by atoms with Gasteiger partial charge >= 0.3 is 167 Å². The summed E-state index contributed by atoms with van der Waals surface area (Å²) in [6.07, 6.45) is -8.88. The second-order valence-corrected chi connectivity index (χ2v) is 27.5. The molecular formula is C84H104F6Mo2N6-6. The number of alkyl halides is 6. The second-order valence-electron chi connectivity index (χ2n) is 26.5. The molecule has 8 aromatic carbocycles. The Kier molecular flexibility index (Phi) is 37.9. The van der Waals surface area contributed by atoms with Crippen LogP contribution in [0.15, 0.2) is 158 Å². The third kappa shape index (κ3) is 36.6. The predicted molar refractivity (Wildman–Crippen MR) is 402 cm³/mol. The maximum absolute atomic E-state index is 12.7. The number of benzene rings is 8. The molecule has 0 radical (unpaired) electrons. The quantitative estimate of drug-likeness (QED) is 0.0590. The Morgan fingerprint density at radius 3 is 0.490 bits per heavy atom. The van der Waals surface area contributed by atoms with E-state index in [0.29, 0.717) is 58.5 Å². The van der Waals surface area contributed by atoms with Crippen LogP contribution >= 0.6 is 0 Å². The maximum atomic E-state index is 12.7. The molecule has 530 valence electrons. The molecular weight excluding hydrogens is 1400 g/mol. The van der Waals surface area contributed by atoms with Crippen molar-refractivity contribution in [2.24, 2.45) is 0 Å². The summed E-state index contributed by atoms with van der Waals surface area (Å²) in [7, 11) is 0. The van der Waals surface area contributed by atoms with E-state index in [1.165, 1.54) is 129 Å². The Bertz CT molecular complexity index is 3200. The van der Waals surface area contributed by atoms with E-state index >= 15 is 0 Å². The average molecular weight is 1500 g/mol. The van der Waals surface area contributed by atoms with E-state index in [9.17, 15) is 26.3 Å². The fraction of sp³-hybridized carbons (Fsp3) is 0.381. The van der Waals surface area contributed by atoms with Gasteiger partial charge in [0.2, 0.25) is 0 Å². The molecule has 0 aliphatic carbocycles. The molecule has 0 aliphatic rings. The minimum atomic E-state index is -4.44. The number of rotatable bonds is 14. The number of halogens is 6. The van der Waals surface area contributed by atoms with E-state index in [0.717, 1.165) is 58.4 Å². The van der Waals surface area contributed by atoms with Crippen molar-refractivity contribution in [3.63, 3.8) is 0 Å². The molecule has 0 unspecified atom stereocenters. The van der Waals surface area contributed by atoms with Crippen LogP contribution < -0.4 is 0 Å². The van der Waals surface area contributed by atoms with E-state index in [1.54, 1.807) is 0 Å². The molecule has 8 aromatic rings. The van der Waals surface area contributed by atoms with Gasteiger partial charge in [-0.15, -0.1) is 70.4 Å². The zero-order valence-corrected chi connectivity index (χ0v) is 66.3. The van der Waals surface area contributed by atoms with Gasteiger partial charge in [0.1, 0.15) is 0 Å². The molecule has 0 amide bonds. The molecule has 0 heterocycles. The van der Waals surface area contributed by atoms with Gasteiger partial charge in [0, 0.05) is 0 Å². The third-order valence-corrected chi connectivity index (χ3v) is 14.1. The van der Waals surface area contributed by atoms with Gasteiger partial charge in [-0.05, 0) is 83.1 Å². The fourth-order valence-electron chi connectivity index (χ4n) is 10.1. The number of aryl methyl sites for hydroxylation is 12. The molecule has 6 nitrogen and oxygen atoms in total. The first-order valence-electron chi connectivity index (χ1n) is 33.1. The molecule has 0 N–H and O–H groups in total. The minimum absolute atomic E-state index is 0.381. The Morgan fingerprint density at radius 2 is 0.388 bits per heavy atom. The molecule has 0 atom stereocenters. The number of allylic oxidation sites excluding steroid dienone is 2. The summed E-state index contributed by atoms with van der Waals surface area (Å²) in [5, 5.41) is 26.9. The van der Waals surface area contributed by atoms with Gasteiger partial charge in [0.15, 0.2) is 0 Å². The predicted octanol–water partition coefficient (Wildman–Crippen LogP) is 27.9. The van der Waals surface area contributed by atoms with Crippen molar-refractivity contribution in [1.82, 2.24) is 0 Å². The zero-order chi connectivity index (χ0) is 74.4. The number of nitrogens with zero attached hydrogens (tertiary/aromatic N) is 6.